The van der Waals surface area contributed by atoms with Crippen LogP contribution in [-0.4, -0.2) is 8.42 Å². The fourth-order valence-electron chi connectivity index (χ4n) is 1.30. The molecule has 0 aliphatic rings. The molecule has 0 atom stereocenters. The molecule has 1 aromatic carbocycles. The Bertz CT molecular complexity index is 765. The Balaban J connectivity index is 2.36. The van der Waals surface area contributed by atoms with Crippen LogP contribution in [0.4, 0.5) is 5.69 Å². The highest BCUT2D eigenvalue weighted by atomic mass is 79.9. The molecule has 0 saturated carbocycles. The van der Waals surface area contributed by atoms with E-state index in [0.717, 1.165) is 11.3 Å². The molecule has 0 saturated heterocycles. The number of nitrogens with zero attached hydrogens (tertiary/aromatic N) is 1. The van der Waals surface area contributed by atoms with Gasteiger partial charge in [-0.05, 0) is 46.3 Å². The van der Waals surface area contributed by atoms with E-state index in [1.807, 2.05) is 6.07 Å². The topological polar surface area (TPSA) is 70.0 Å². The van der Waals surface area contributed by atoms with Crippen molar-refractivity contribution in [3.05, 3.63) is 44.7 Å². The molecule has 0 spiro atoms. The Morgan fingerprint density at radius 3 is 2.68 bits per heavy atom. The predicted octanol–water partition coefficient (Wildman–Crippen LogP) is 3.84. The SMILES string of the molecule is N#Cc1ccc(S(=O)(=O)Nc2cc(Cl)ccc2Br)s1. The molecule has 0 bridgehead atoms. The van der Waals surface area contributed by atoms with Crippen molar-refractivity contribution in [3.63, 3.8) is 0 Å². The molecule has 0 amide bonds. The Hall–Kier alpha value is -1.07. The summed E-state index contributed by atoms with van der Waals surface area (Å²) < 4.78 is 27.3. The molecule has 1 heterocycles. The first-order valence-electron chi connectivity index (χ1n) is 4.90. The third-order valence-corrected chi connectivity index (χ3v) is 5.90. The molecule has 0 aliphatic heterocycles. The van der Waals surface area contributed by atoms with Gasteiger partial charge in [0.1, 0.15) is 15.2 Å². The smallest absolute Gasteiger partial charge is 0.271 e. The number of nitriles is 1. The van der Waals surface area contributed by atoms with Gasteiger partial charge in [-0.25, -0.2) is 8.42 Å². The van der Waals surface area contributed by atoms with Gasteiger partial charge in [-0.2, -0.15) is 5.26 Å². The second-order valence-corrected chi connectivity index (χ2v) is 7.74. The lowest BCUT2D eigenvalue weighted by atomic mass is 10.3. The number of rotatable bonds is 3. The minimum absolute atomic E-state index is 0.0796. The molecule has 0 radical (unpaired) electrons. The lowest BCUT2D eigenvalue weighted by Crippen LogP contribution is -2.11. The summed E-state index contributed by atoms with van der Waals surface area (Å²) in [5, 5.41) is 9.13. The van der Waals surface area contributed by atoms with Crippen molar-refractivity contribution in [1.29, 1.82) is 5.26 Å². The summed E-state index contributed by atoms with van der Waals surface area (Å²) in [7, 11) is -3.71. The molecule has 4 nitrogen and oxygen atoms in total. The average molecular weight is 378 g/mol. The van der Waals surface area contributed by atoms with Crippen molar-refractivity contribution in [2.75, 3.05) is 4.72 Å². The zero-order valence-electron chi connectivity index (χ0n) is 9.22. The first kappa shape index (κ1) is 14.3. The minimum Gasteiger partial charge on any atom is -0.278 e. The maximum atomic E-state index is 12.1. The van der Waals surface area contributed by atoms with Gasteiger partial charge in [-0.3, -0.25) is 4.72 Å². The van der Waals surface area contributed by atoms with E-state index in [-0.39, 0.29) is 4.21 Å². The molecule has 8 heteroatoms. The van der Waals surface area contributed by atoms with Crippen LogP contribution in [-0.2, 0) is 10.0 Å². The molecule has 19 heavy (non-hydrogen) atoms. The third kappa shape index (κ3) is 3.28. The molecule has 0 fully saturated rings. The van der Waals surface area contributed by atoms with Crippen LogP contribution in [0, 0.1) is 11.3 Å². The van der Waals surface area contributed by atoms with E-state index in [1.54, 1.807) is 12.1 Å². The van der Waals surface area contributed by atoms with Crippen molar-refractivity contribution in [2.45, 2.75) is 4.21 Å². The van der Waals surface area contributed by atoms with Crippen LogP contribution in [0.1, 0.15) is 4.88 Å². The Morgan fingerprint density at radius 2 is 2.05 bits per heavy atom. The fourth-order valence-corrected chi connectivity index (χ4v) is 4.12. The van der Waals surface area contributed by atoms with E-state index in [2.05, 4.69) is 20.7 Å². The highest BCUT2D eigenvalue weighted by molar-refractivity contribution is 9.10. The fraction of sp³-hybridized carbons (Fsp3) is 0. The van der Waals surface area contributed by atoms with Gasteiger partial charge >= 0.3 is 0 Å². The van der Waals surface area contributed by atoms with Crippen LogP contribution >= 0.6 is 38.9 Å². The molecule has 1 aromatic heterocycles. The highest BCUT2D eigenvalue weighted by Gasteiger charge is 2.18. The quantitative estimate of drug-likeness (QED) is 0.883. The van der Waals surface area contributed by atoms with E-state index in [1.165, 1.54) is 18.2 Å². The van der Waals surface area contributed by atoms with E-state index in [4.69, 9.17) is 16.9 Å². The standard InChI is InChI=1S/C11H6BrClN2O2S2/c12-9-3-1-7(13)5-10(9)15-19(16,17)11-4-2-8(6-14)18-11/h1-5,15H. The van der Waals surface area contributed by atoms with Gasteiger partial charge in [0.05, 0.1) is 5.69 Å². The van der Waals surface area contributed by atoms with Crippen molar-refractivity contribution in [3.8, 4) is 6.07 Å². The average Bonchev–Trinajstić information content (AvgIpc) is 2.83. The number of hydrogen-bond acceptors (Lipinski definition) is 4. The zero-order chi connectivity index (χ0) is 14.0. The van der Waals surface area contributed by atoms with Crippen LogP contribution in [0.5, 0.6) is 0 Å². The van der Waals surface area contributed by atoms with Gasteiger partial charge < -0.3 is 0 Å². The third-order valence-electron chi connectivity index (χ3n) is 2.13. The number of anilines is 1. The van der Waals surface area contributed by atoms with Gasteiger partial charge in [0.25, 0.3) is 10.0 Å². The highest BCUT2D eigenvalue weighted by Crippen LogP contribution is 2.29. The monoisotopic (exact) mass is 376 g/mol. The molecule has 2 rings (SSSR count). The lowest BCUT2D eigenvalue weighted by molar-refractivity contribution is 0.603. The van der Waals surface area contributed by atoms with Gasteiger partial charge in [0.2, 0.25) is 0 Å². The second-order valence-electron chi connectivity index (χ2n) is 3.46. The summed E-state index contributed by atoms with van der Waals surface area (Å²) in [6.07, 6.45) is 0. The van der Waals surface area contributed by atoms with Crippen LogP contribution in [0.3, 0.4) is 0 Å². The number of halogens is 2. The van der Waals surface area contributed by atoms with Crippen LogP contribution < -0.4 is 4.72 Å². The number of nitrogens with one attached hydrogen (secondary N) is 1. The van der Waals surface area contributed by atoms with E-state index < -0.39 is 10.0 Å². The second kappa shape index (κ2) is 5.51. The summed E-state index contributed by atoms with van der Waals surface area (Å²) >= 11 is 9.97. The zero-order valence-corrected chi connectivity index (χ0v) is 13.2. The first-order chi connectivity index (χ1) is 8.92. The molecule has 0 aliphatic carbocycles. The molecular formula is C11H6BrClN2O2S2. The van der Waals surface area contributed by atoms with Gasteiger partial charge in [0.15, 0.2) is 0 Å². The molecule has 98 valence electrons. The predicted molar refractivity (Wildman–Crippen MR) is 79.0 cm³/mol. The summed E-state index contributed by atoms with van der Waals surface area (Å²) in [5.74, 6) is 0. The largest absolute Gasteiger partial charge is 0.278 e. The molecule has 1 N–H and O–H groups in total. The van der Waals surface area contributed by atoms with Crippen molar-refractivity contribution in [1.82, 2.24) is 0 Å². The van der Waals surface area contributed by atoms with E-state index >= 15 is 0 Å². The Labute approximate surface area is 127 Å². The molecule has 2 aromatic rings. The van der Waals surface area contributed by atoms with Crippen molar-refractivity contribution >= 4 is 54.6 Å². The van der Waals surface area contributed by atoms with E-state index in [0.29, 0.717) is 20.1 Å². The first-order valence-corrected chi connectivity index (χ1v) is 8.37. The summed E-state index contributed by atoms with van der Waals surface area (Å²) in [4.78, 5) is 0.338. The normalized spacial score (nSPS) is 11.0. The maximum absolute atomic E-state index is 12.1. The van der Waals surface area contributed by atoms with Crippen LogP contribution in [0.25, 0.3) is 0 Å². The Kier molecular flexibility index (Phi) is 4.16. The van der Waals surface area contributed by atoms with Crippen molar-refractivity contribution in [2.24, 2.45) is 0 Å². The summed E-state index contributed by atoms with van der Waals surface area (Å²) in [6.45, 7) is 0. The number of hydrogen-bond donors (Lipinski definition) is 1. The minimum atomic E-state index is -3.71. The maximum Gasteiger partial charge on any atom is 0.271 e. The summed E-state index contributed by atoms with van der Waals surface area (Å²) in [6, 6.07) is 9.55. The van der Waals surface area contributed by atoms with Crippen LogP contribution in [0.15, 0.2) is 39.0 Å². The lowest BCUT2D eigenvalue weighted by Gasteiger charge is -2.08. The molecule has 0 unspecified atom stereocenters. The number of benzene rings is 1. The number of thiophene rings is 1. The van der Waals surface area contributed by atoms with E-state index in [9.17, 15) is 8.42 Å². The Morgan fingerprint density at radius 1 is 1.32 bits per heavy atom. The number of sulfonamides is 1. The summed E-state index contributed by atoms with van der Waals surface area (Å²) in [5.41, 5.74) is 0.347. The van der Waals surface area contributed by atoms with Gasteiger partial charge in [0, 0.05) is 9.50 Å². The molecular weight excluding hydrogens is 372 g/mol. The van der Waals surface area contributed by atoms with Gasteiger partial charge in [-0.15, -0.1) is 11.3 Å². The van der Waals surface area contributed by atoms with Crippen molar-refractivity contribution < 1.29 is 8.42 Å². The van der Waals surface area contributed by atoms with Crippen LogP contribution in [0.2, 0.25) is 5.02 Å². The van der Waals surface area contributed by atoms with Gasteiger partial charge in [-0.1, -0.05) is 11.6 Å².